The van der Waals surface area contributed by atoms with Crippen LogP contribution in [0.4, 0.5) is 0 Å². The van der Waals surface area contributed by atoms with Crippen LogP contribution in [0.15, 0.2) is 59.6 Å². The summed E-state index contributed by atoms with van der Waals surface area (Å²) in [6.07, 6.45) is 1.15. The molecule has 0 radical (unpaired) electrons. The van der Waals surface area contributed by atoms with Crippen molar-refractivity contribution in [2.24, 2.45) is 10.9 Å². The Morgan fingerprint density at radius 1 is 1.11 bits per heavy atom. The van der Waals surface area contributed by atoms with Gasteiger partial charge < -0.3 is 15.0 Å². The third-order valence-corrected chi connectivity index (χ3v) is 4.83. The third kappa shape index (κ3) is 6.81. The van der Waals surface area contributed by atoms with Crippen LogP contribution in [0.2, 0.25) is 0 Å². The van der Waals surface area contributed by atoms with Gasteiger partial charge in [0.25, 0.3) is 0 Å². The smallest absolute Gasteiger partial charge is 0.193 e. The van der Waals surface area contributed by atoms with E-state index in [0.29, 0.717) is 12.5 Å². The number of nitrogens with one attached hydrogen (secondary N) is 1. The molecule has 4 nitrogen and oxygen atoms in total. The topological polar surface area (TPSA) is 36.9 Å². The van der Waals surface area contributed by atoms with E-state index in [1.165, 1.54) is 16.7 Å². The fraction of sp³-hybridized carbons (Fsp3) is 0.409. The number of rotatable bonds is 6. The van der Waals surface area contributed by atoms with Gasteiger partial charge in [-0.1, -0.05) is 60.2 Å². The van der Waals surface area contributed by atoms with Gasteiger partial charge in [0, 0.05) is 32.6 Å². The maximum absolute atomic E-state index is 5.92. The Balaban J connectivity index is 0.00000261. The number of hydrogen-bond acceptors (Lipinski definition) is 2. The van der Waals surface area contributed by atoms with Crippen molar-refractivity contribution >= 4 is 29.9 Å². The Hall–Kier alpha value is -1.60. The van der Waals surface area contributed by atoms with Crippen molar-refractivity contribution in [1.29, 1.82) is 0 Å². The van der Waals surface area contributed by atoms with Gasteiger partial charge in [-0.25, -0.2) is 0 Å². The van der Waals surface area contributed by atoms with E-state index >= 15 is 0 Å². The van der Waals surface area contributed by atoms with Crippen molar-refractivity contribution in [2.75, 3.05) is 26.7 Å². The van der Waals surface area contributed by atoms with E-state index in [2.05, 4.69) is 70.7 Å². The molecular weight excluding hydrogens is 449 g/mol. The van der Waals surface area contributed by atoms with Gasteiger partial charge in [0.05, 0.1) is 13.2 Å². The number of hydrogen-bond donors (Lipinski definition) is 1. The number of guanidine groups is 1. The predicted octanol–water partition coefficient (Wildman–Crippen LogP) is 4.23. The van der Waals surface area contributed by atoms with Crippen molar-refractivity contribution < 1.29 is 4.74 Å². The van der Waals surface area contributed by atoms with Gasteiger partial charge in [-0.15, -0.1) is 24.0 Å². The van der Waals surface area contributed by atoms with E-state index in [-0.39, 0.29) is 24.0 Å². The van der Waals surface area contributed by atoms with Crippen LogP contribution < -0.4 is 5.32 Å². The molecule has 27 heavy (non-hydrogen) atoms. The average molecular weight is 479 g/mol. The first-order valence-corrected chi connectivity index (χ1v) is 9.37. The second-order valence-corrected chi connectivity index (χ2v) is 6.99. The first kappa shape index (κ1) is 21.7. The van der Waals surface area contributed by atoms with Crippen LogP contribution in [0.25, 0.3) is 0 Å². The van der Waals surface area contributed by atoms with Gasteiger partial charge in [-0.2, -0.15) is 0 Å². The minimum absolute atomic E-state index is 0. The summed E-state index contributed by atoms with van der Waals surface area (Å²) in [6, 6.07) is 19.0. The molecule has 1 N–H and O–H groups in total. The largest absolute Gasteiger partial charge is 0.376 e. The highest BCUT2D eigenvalue weighted by atomic mass is 127. The molecule has 3 rings (SSSR count). The number of benzene rings is 2. The SMILES string of the molecule is CN=C(NCc1ccc(C)cc1)N1CCC(COCc2ccccc2)C1.I. The Kier molecular flexibility index (Phi) is 9.07. The minimum atomic E-state index is 0. The zero-order valence-corrected chi connectivity index (χ0v) is 18.6. The van der Waals surface area contributed by atoms with Gasteiger partial charge >= 0.3 is 0 Å². The fourth-order valence-electron chi connectivity index (χ4n) is 3.30. The summed E-state index contributed by atoms with van der Waals surface area (Å²) in [4.78, 5) is 6.79. The lowest BCUT2D eigenvalue weighted by Gasteiger charge is -2.22. The van der Waals surface area contributed by atoms with Gasteiger partial charge in [0.1, 0.15) is 0 Å². The highest BCUT2D eigenvalue weighted by Crippen LogP contribution is 2.17. The van der Waals surface area contributed by atoms with E-state index in [4.69, 9.17) is 4.74 Å². The number of likely N-dealkylation sites (tertiary alicyclic amines) is 1. The molecule has 1 aliphatic rings. The first-order chi connectivity index (χ1) is 12.7. The van der Waals surface area contributed by atoms with Crippen LogP contribution in [0.3, 0.4) is 0 Å². The van der Waals surface area contributed by atoms with Gasteiger partial charge in [0.2, 0.25) is 0 Å². The van der Waals surface area contributed by atoms with Crippen LogP contribution >= 0.6 is 24.0 Å². The summed E-state index contributed by atoms with van der Waals surface area (Å²) in [5.74, 6) is 1.55. The van der Waals surface area contributed by atoms with Crippen LogP contribution in [0.1, 0.15) is 23.1 Å². The Labute approximate surface area is 180 Å². The second-order valence-electron chi connectivity index (χ2n) is 6.99. The molecule has 0 amide bonds. The summed E-state index contributed by atoms with van der Waals surface area (Å²) in [5, 5.41) is 3.48. The molecule has 2 aromatic carbocycles. The molecule has 1 fully saturated rings. The summed E-state index contributed by atoms with van der Waals surface area (Å²) in [7, 11) is 1.86. The molecule has 1 saturated heterocycles. The standard InChI is InChI=1S/C22H29N3O.HI/c1-18-8-10-19(11-9-18)14-24-22(23-2)25-13-12-21(15-25)17-26-16-20-6-4-3-5-7-20;/h3-11,21H,12-17H2,1-2H3,(H,23,24);1H. The van der Waals surface area contributed by atoms with Gasteiger partial charge in [-0.3, -0.25) is 4.99 Å². The fourth-order valence-corrected chi connectivity index (χ4v) is 3.30. The molecule has 0 aliphatic carbocycles. The van der Waals surface area contributed by atoms with Gasteiger partial charge in [-0.05, 0) is 24.5 Å². The highest BCUT2D eigenvalue weighted by Gasteiger charge is 2.24. The number of halogens is 1. The normalized spacial score (nSPS) is 16.9. The number of nitrogens with zero attached hydrogens (tertiary/aromatic N) is 2. The lowest BCUT2D eigenvalue weighted by atomic mass is 10.1. The molecule has 1 unspecified atom stereocenters. The van der Waals surface area contributed by atoms with E-state index in [1.807, 2.05) is 13.1 Å². The molecule has 1 aliphatic heterocycles. The summed E-state index contributed by atoms with van der Waals surface area (Å²) in [6.45, 7) is 6.45. The quantitative estimate of drug-likeness (QED) is 0.383. The monoisotopic (exact) mass is 479 g/mol. The Morgan fingerprint density at radius 2 is 1.85 bits per heavy atom. The molecule has 0 spiro atoms. The first-order valence-electron chi connectivity index (χ1n) is 9.37. The van der Waals surface area contributed by atoms with E-state index in [0.717, 1.165) is 38.6 Å². The lowest BCUT2D eigenvalue weighted by molar-refractivity contribution is 0.0906. The third-order valence-electron chi connectivity index (χ3n) is 4.83. The van der Waals surface area contributed by atoms with Crippen molar-refractivity contribution in [3.05, 3.63) is 71.3 Å². The number of ether oxygens (including phenoxy) is 1. The zero-order valence-electron chi connectivity index (χ0n) is 16.2. The zero-order chi connectivity index (χ0) is 18.2. The molecule has 2 aromatic rings. The molecule has 1 atom stereocenters. The molecular formula is C22H30IN3O. The van der Waals surface area contributed by atoms with Crippen LogP contribution in [0.5, 0.6) is 0 Å². The van der Waals surface area contributed by atoms with Crippen LogP contribution in [0, 0.1) is 12.8 Å². The Bertz CT molecular complexity index is 703. The number of aryl methyl sites for hydroxylation is 1. The predicted molar refractivity (Wildman–Crippen MR) is 123 cm³/mol. The molecule has 146 valence electrons. The van der Waals surface area contributed by atoms with Crippen molar-refractivity contribution in [1.82, 2.24) is 10.2 Å². The molecule has 0 aromatic heterocycles. The van der Waals surface area contributed by atoms with Gasteiger partial charge in [0.15, 0.2) is 5.96 Å². The summed E-state index contributed by atoms with van der Waals surface area (Å²) < 4.78 is 5.92. The van der Waals surface area contributed by atoms with E-state index in [9.17, 15) is 0 Å². The maximum atomic E-state index is 5.92. The van der Waals surface area contributed by atoms with Crippen molar-refractivity contribution in [3.63, 3.8) is 0 Å². The molecule has 0 bridgehead atoms. The molecule has 5 heteroatoms. The second kappa shape index (κ2) is 11.3. The minimum Gasteiger partial charge on any atom is -0.376 e. The summed E-state index contributed by atoms with van der Waals surface area (Å²) in [5.41, 5.74) is 3.80. The Morgan fingerprint density at radius 3 is 2.56 bits per heavy atom. The lowest BCUT2D eigenvalue weighted by Crippen LogP contribution is -2.39. The molecule has 0 saturated carbocycles. The van der Waals surface area contributed by atoms with E-state index < -0.39 is 0 Å². The highest BCUT2D eigenvalue weighted by molar-refractivity contribution is 14.0. The maximum Gasteiger partial charge on any atom is 0.193 e. The van der Waals surface area contributed by atoms with Crippen LogP contribution in [-0.4, -0.2) is 37.6 Å². The number of aliphatic imine (C=N–C) groups is 1. The summed E-state index contributed by atoms with van der Waals surface area (Å²) >= 11 is 0. The molecule has 1 heterocycles. The van der Waals surface area contributed by atoms with Crippen LogP contribution in [-0.2, 0) is 17.9 Å². The average Bonchev–Trinajstić information content (AvgIpc) is 3.13. The van der Waals surface area contributed by atoms with Crippen molar-refractivity contribution in [3.8, 4) is 0 Å². The van der Waals surface area contributed by atoms with E-state index in [1.54, 1.807) is 0 Å². The van der Waals surface area contributed by atoms with Crippen molar-refractivity contribution in [2.45, 2.75) is 26.5 Å².